The minimum atomic E-state index is -0.192. The Morgan fingerprint density at radius 3 is 2.72 bits per heavy atom. The molecule has 0 amide bonds. The molecule has 2 N–H and O–H groups in total. The fourth-order valence-electron chi connectivity index (χ4n) is 2.19. The lowest BCUT2D eigenvalue weighted by Gasteiger charge is -2.36. The second-order valence-corrected chi connectivity index (χ2v) is 4.45. The quantitative estimate of drug-likeness (QED) is 0.916. The van der Waals surface area contributed by atoms with Gasteiger partial charge in [-0.25, -0.2) is 4.39 Å². The van der Waals surface area contributed by atoms with Crippen LogP contribution in [0.2, 0.25) is 0 Å². The molecule has 1 heterocycles. The molecule has 1 aliphatic heterocycles. The summed E-state index contributed by atoms with van der Waals surface area (Å²) in [5.41, 5.74) is 6.75. The SMILES string of the molecule is CC(c1ccc(F)cc1)N1CCOC(CN)C1.Cl. The number of nitrogens with zero attached hydrogens (tertiary/aromatic N) is 1. The molecule has 2 atom stereocenters. The van der Waals surface area contributed by atoms with E-state index in [0.29, 0.717) is 13.2 Å². The molecule has 0 aromatic heterocycles. The fraction of sp³-hybridized carbons (Fsp3) is 0.538. The van der Waals surface area contributed by atoms with Crippen molar-refractivity contribution in [1.29, 1.82) is 0 Å². The molecule has 0 bridgehead atoms. The first-order valence-corrected chi connectivity index (χ1v) is 6.02. The van der Waals surface area contributed by atoms with Gasteiger partial charge in [0.2, 0.25) is 0 Å². The third kappa shape index (κ3) is 3.65. The van der Waals surface area contributed by atoms with Crippen LogP contribution in [0.3, 0.4) is 0 Å². The van der Waals surface area contributed by atoms with Crippen LogP contribution < -0.4 is 5.73 Å². The number of benzene rings is 1. The summed E-state index contributed by atoms with van der Waals surface area (Å²) in [6.45, 7) is 5.14. The van der Waals surface area contributed by atoms with Crippen LogP contribution in [0.5, 0.6) is 0 Å². The molecule has 0 aliphatic carbocycles. The number of hydrogen-bond donors (Lipinski definition) is 1. The van der Waals surface area contributed by atoms with Crippen molar-refractivity contribution in [2.45, 2.75) is 19.1 Å². The highest BCUT2D eigenvalue weighted by Gasteiger charge is 2.23. The van der Waals surface area contributed by atoms with Crippen molar-refractivity contribution >= 4 is 12.4 Å². The average Bonchev–Trinajstić information content (AvgIpc) is 2.39. The third-order valence-electron chi connectivity index (χ3n) is 3.33. The van der Waals surface area contributed by atoms with Gasteiger partial charge in [-0.15, -0.1) is 12.4 Å². The molecule has 5 heteroatoms. The van der Waals surface area contributed by atoms with Crippen LogP contribution in [0.1, 0.15) is 18.5 Å². The predicted molar refractivity (Wildman–Crippen MR) is 72.4 cm³/mol. The molecular weight excluding hydrogens is 255 g/mol. The van der Waals surface area contributed by atoms with E-state index in [1.165, 1.54) is 12.1 Å². The summed E-state index contributed by atoms with van der Waals surface area (Å²) in [4.78, 5) is 2.33. The smallest absolute Gasteiger partial charge is 0.123 e. The molecule has 1 aromatic carbocycles. The lowest BCUT2D eigenvalue weighted by Crippen LogP contribution is -2.46. The topological polar surface area (TPSA) is 38.5 Å². The van der Waals surface area contributed by atoms with Crippen molar-refractivity contribution in [3.8, 4) is 0 Å². The molecule has 18 heavy (non-hydrogen) atoms. The number of hydrogen-bond acceptors (Lipinski definition) is 3. The zero-order chi connectivity index (χ0) is 12.3. The summed E-state index contributed by atoms with van der Waals surface area (Å²) >= 11 is 0. The molecule has 1 aromatic rings. The Bertz CT molecular complexity index is 361. The van der Waals surface area contributed by atoms with E-state index in [-0.39, 0.29) is 30.4 Å². The molecule has 1 saturated heterocycles. The monoisotopic (exact) mass is 274 g/mol. The second-order valence-electron chi connectivity index (χ2n) is 4.45. The van der Waals surface area contributed by atoms with E-state index in [1.54, 1.807) is 0 Å². The minimum Gasteiger partial charge on any atom is -0.374 e. The minimum absolute atomic E-state index is 0. The summed E-state index contributed by atoms with van der Waals surface area (Å²) < 4.78 is 18.4. The zero-order valence-corrected chi connectivity index (χ0v) is 11.3. The van der Waals surface area contributed by atoms with E-state index >= 15 is 0 Å². The number of halogens is 2. The van der Waals surface area contributed by atoms with E-state index in [2.05, 4.69) is 11.8 Å². The maximum atomic E-state index is 12.9. The first-order valence-electron chi connectivity index (χ1n) is 6.02. The van der Waals surface area contributed by atoms with Crippen LogP contribution >= 0.6 is 12.4 Å². The van der Waals surface area contributed by atoms with Crippen LogP contribution in [-0.2, 0) is 4.74 Å². The molecule has 1 aliphatic rings. The molecule has 3 nitrogen and oxygen atoms in total. The molecule has 2 unspecified atom stereocenters. The van der Waals surface area contributed by atoms with Gasteiger partial charge < -0.3 is 10.5 Å². The van der Waals surface area contributed by atoms with Crippen LogP contribution in [0, 0.1) is 5.82 Å². The van der Waals surface area contributed by atoms with E-state index in [1.807, 2.05) is 12.1 Å². The van der Waals surface area contributed by atoms with Crippen molar-refractivity contribution in [3.63, 3.8) is 0 Å². The molecule has 2 rings (SSSR count). The number of ether oxygens (including phenoxy) is 1. The maximum Gasteiger partial charge on any atom is 0.123 e. The molecule has 0 radical (unpaired) electrons. The zero-order valence-electron chi connectivity index (χ0n) is 10.5. The van der Waals surface area contributed by atoms with Crippen molar-refractivity contribution in [1.82, 2.24) is 4.90 Å². The van der Waals surface area contributed by atoms with Gasteiger partial charge in [0, 0.05) is 25.7 Å². The van der Waals surface area contributed by atoms with Gasteiger partial charge in [-0.3, -0.25) is 4.90 Å². The van der Waals surface area contributed by atoms with E-state index in [4.69, 9.17) is 10.5 Å². The van der Waals surface area contributed by atoms with Gasteiger partial charge in [0.05, 0.1) is 12.7 Å². The largest absolute Gasteiger partial charge is 0.374 e. The number of nitrogens with two attached hydrogens (primary N) is 1. The Kier molecular flexibility index (Phi) is 6.02. The lowest BCUT2D eigenvalue weighted by molar-refractivity contribution is -0.0364. The van der Waals surface area contributed by atoms with Crippen molar-refractivity contribution < 1.29 is 9.13 Å². The molecule has 0 saturated carbocycles. The van der Waals surface area contributed by atoms with Gasteiger partial charge in [0.25, 0.3) is 0 Å². The lowest BCUT2D eigenvalue weighted by atomic mass is 10.1. The normalized spacial score (nSPS) is 22.3. The molecule has 1 fully saturated rings. The van der Waals surface area contributed by atoms with E-state index in [0.717, 1.165) is 18.7 Å². The van der Waals surface area contributed by atoms with Crippen molar-refractivity contribution in [2.24, 2.45) is 5.73 Å². The summed E-state index contributed by atoms with van der Waals surface area (Å²) in [6, 6.07) is 6.97. The van der Waals surface area contributed by atoms with Gasteiger partial charge in [-0.05, 0) is 24.6 Å². The van der Waals surface area contributed by atoms with Crippen LogP contribution in [0.25, 0.3) is 0 Å². The Balaban J connectivity index is 0.00000162. The highest BCUT2D eigenvalue weighted by atomic mass is 35.5. The standard InChI is InChI=1S/C13H19FN2O.ClH/c1-10(11-2-4-12(14)5-3-11)16-6-7-17-13(8-15)9-16;/h2-5,10,13H,6-9,15H2,1H3;1H. The highest BCUT2D eigenvalue weighted by molar-refractivity contribution is 5.85. The highest BCUT2D eigenvalue weighted by Crippen LogP contribution is 2.22. The van der Waals surface area contributed by atoms with Gasteiger partial charge in [0.15, 0.2) is 0 Å². The molecule has 0 spiro atoms. The summed E-state index contributed by atoms with van der Waals surface area (Å²) in [5.74, 6) is -0.192. The van der Waals surface area contributed by atoms with E-state index < -0.39 is 0 Å². The Morgan fingerprint density at radius 2 is 2.11 bits per heavy atom. The van der Waals surface area contributed by atoms with Gasteiger partial charge >= 0.3 is 0 Å². The van der Waals surface area contributed by atoms with Crippen LogP contribution in [-0.4, -0.2) is 37.2 Å². The van der Waals surface area contributed by atoms with E-state index in [9.17, 15) is 4.39 Å². The third-order valence-corrected chi connectivity index (χ3v) is 3.33. The first kappa shape index (κ1) is 15.4. The van der Waals surface area contributed by atoms with Gasteiger partial charge in [0.1, 0.15) is 5.82 Å². The Morgan fingerprint density at radius 1 is 1.44 bits per heavy atom. The Labute approximate surface area is 114 Å². The number of morpholine rings is 1. The predicted octanol–water partition coefficient (Wildman–Crippen LogP) is 1.97. The summed E-state index contributed by atoms with van der Waals surface area (Å²) in [7, 11) is 0. The van der Waals surface area contributed by atoms with Gasteiger partial charge in [-0.1, -0.05) is 12.1 Å². The first-order chi connectivity index (χ1) is 8.20. The second kappa shape index (κ2) is 7.04. The van der Waals surface area contributed by atoms with Crippen molar-refractivity contribution in [2.75, 3.05) is 26.2 Å². The molecular formula is C13H20ClFN2O. The molecule has 102 valence electrons. The van der Waals surface area contributed by atoms with Gasteiger partial charge in [-0.2, -0.15) is 0 Å². The fourth-order valence-corrected chi connectivity index (χ4v) is 2.19. The number of rotatable bonds is 3. The van der Waals surface area contributed by atoms with Crippen molar-refractivity contribution in [3.05, 3.63) is 35.6 Å². The maximum absolute atomic E-state index is 12.9. The summed E-state index contributed by atoms with van der Waals surface area (Å²) in [6.07, 6.45) is 0.117. The van der Waals surface area contributed by atoms with Crippen LogP contribution in [0.15, 0.2) is 24.3 Å². The summed E-state index contributed by atoms with van der Waals surface area (Å²) in [5, 5.41) is 0. The average molecular weight is 275 g/mol. The Hall–Kier alpha value is -0.680. The van der Waals surface area contributed by atoms with Crippen LogP contribution in [0.4, 0.5) is 4.39 Å².